The Labute approximate surface area is 160 Å². The van der Waals surface area contributed by atoms with Crippen LogP contribution < -0.4 is 16.8 Å². The number of nitrogens with two attached hydrogens (primary N) is 2. The quantitative estimate of drug-likeness (QED) is 0.362. The molecule has 6 N–H and O–H groups in total. The van der Waals surface area contributed by atoms with E-state index < -0.39 is 30.0 Å². The molecule has 1 saturated carbocycles. The zero-order chi connectivity index (χ0) is 19.8. The minimum absolute atomic E-state index is 0.00506. The van der Waals surface area contributed by atoms with Crippen molar-refractivity contribution in [2.45, 2.75) is 82.0 Å². The Morgan fingerprint density at radius 1 is 1.37 bits per heavy atom. The van der Waals surface area contributed by atoms with E-state index in [2.05, 4.69) is 5.32 Å². The van der Waals surface area contributed by atoms with E-state index in [0.29, 0.717) is 19.4 Å². The van der Waals surface area contributed by atoms with Crippen LogP contribution in [0.5, 0.6) is 0 Å². The Hall–Kier alpha value is -1.48. The summed E-state index contributed by atoms with van der Waals surface area (Å²) in [6, 6.07) is -1.40. The van der Waals surface area contributed by atoms with Gasteiger partial charge in [-0.2, -0.15) is 0 Å². The number of nitrogens with zero attached hydrogens (tertiary/aromatic N) is 1. The summed E-state index contributed by atoms with van der Waals surface area (Å²) in [5.74, 6) is -0.546. The number of ether oxygens (including phenoxy) is 1. The molecule has 3 aliphatic rings. The highest BCUT2D eigenvalue weighted by Crippen LogP contribution is 2.46. The van der Waals surface area contributed by atoms with Gasteiger partial charge < -0.3 is 31.5 Å². The van der Waals surface area contributed by atoms with Crippen LogP contribution >= 0.6 is 0 Å². The third-order valence-corrected chi connectivity index (χ3v) is 6.13. The molecule has 3 rings (SSSR count). The zero-order valence-electron chi connectivity index (χ0n) is 16.1. The van der Waals surface area contributed by atoms with E-state index in [1.165, 1.54) is 0 Å². The van der Waals surface area contributed by atoms with Crippen molar-refractivity contribution < 1.29 is 19.4 Å². The Morgan fingerprint density at radius 3 is 2.81 bits per heavy atom. The smallest absolute Gasteiger partial charge is 0.243 e. The van der Waals surface area contributed by atoms with E-state index in [1.54, 1.807) is 11.8 Å². The molecule has 2 aliphatic heterocycles. The van der Waals surface area contributed by atoms with Crippen molar-refractivity contribution in [3.8, 4) is 0 Å². The fourth-order valence-electron chi connectivity index (χ4n) is 4.22. The van der Waals surface area contributed by atoms with Crippen LogP contribution in [0.2, 0.25) is 0 Å². The molecule has 8 nitrogen and oxygen atoms in total. The lowest BCUT2D eigenvalue weighted by molar-refractivity contribution is -0.143. The van der Waals surface area contributed by atoms with Crippen LogP contribution in [-0.4, -0.2) is 64.4 Å². The molecule has 2 heterocycles. The first-order valence-corrected chi connectivity index (χ1v) is 9.90. The monoisotopic (exact) mass is 380 g/mol. The molecule has 27 heavy (non-hydrogen) atoms. The van der Waals surface area contributed by atoms with E-state index in [9.17, 15) is 14.7 Å². The molecule has 0 aromatic heterocycles. The minimum atomic E-state index is -1.15. The van der Waals surface area contributed by atoms with Gasteiger partial charge in [0.05, 0.1) is 17.7 Å². The lowest BCUT2D eigenvalue weighted by Crippen LogP contribution is -2.58. The molecule has 0 aromatic carbocycles. The first kappa shape index (κ1) is 20.3. The number of hydrogen-bond donors (Lipinski definition) is 4. The van der Waals surface area contributed by atoms with Gasteiger partial charge in [-0.15, -0.1) is 0 Å². The third kappa shape index (κ3) is 4.03. The predicted molar refractivity (Wildman–Crippen MR) is 100 cm³/mol. The minimum Gasteiger partial charge on any atom is -0.376 e. The largest absolute Gasteiger partial charge is 0.376 e. The van der Waals surface area contributed by atoms with Crippen molar-refractivity contribution in [2.75, 3.05) is 6.54 Å². The van der Waals surface area contributed by atoms with E-state index >= 15 is 0 Å². The molecule has 0 bridgehead atoms. The molecule has 8 heteroatoms. The average Bonchev–Trinajstić information content (AvgIpc) is 3.09. The number of amides is 2. The summed E-state index contributed by atoms with van der Waals surface area (Å²) in [5.41, 5.74) is 11.1. The molecule has 7 atom stereocenters. The highest BCUT2D eigenvalue weighted by atomic mass is 16.5. The maximum absolute atomic E-state index is 12.9. The number of carbonyl (C=O) groups excluding carboxylic acids is 2. The fourth-order valence-corrected chi connectivity index (χ4v) is 4.22. The Bertz CT molecular complexity index is 611. The summed E-state index contributed by atoms with van der Waals surface area (Å²) in [6.45, 7) is 4.26. The average molecular weight is 380 g/mol. The Balaban J connectivity index is 1.84. The van der Waals surface area contributed by atoms with Gasteiger partial charge in [0.25, 0.3) is 0 Å². The van der Waals surface area contributed by atoms with Crippen LogP contribution in [-0.2, 0) is 14.3 Å². The number of aliphatic hydroxyl groups excluding tert-OH is 1. The van der Waals surface area contributed by atoms with E-state index in [0.717, 1.165) is 19.3 Å². The number of carbonyl (C=O) groups is 2. The van der Waals surface area contributed by atoms with E-state index in [1.807, 2.05) is 19.1 Å². The number of allylic oxidation sites excluding steroid dienone is 1. The Kier molecular flexibility index (Phi) is 5.90. The fraction of sp³-hybridized carbons (Fsp3) is 0.789. The molecule has 2 amide bonds. The van der Waals surface area contributed by atoms with Gasteiger partial charge in [0.15, 0.2) is 0 Å². The van der Waals surface area contributed by atoms with Crippen molar-refractivity contribution in [1.29, 1.82) is 0 Å². The number of aliphatic hydroxyl groups is 1. The van der Waals surface area contributed by atoms with Gasteiger partial charge >= 0.3 is 0 Å². The van der Waals surface area contributed by atoms with E-state index in [-0.39, 0.29) is 23.8 Å². The van der Waals surface area contributed by atoms with Crippen molar-refractivity contribution in [3.63, 3.8) is 0 Å². The van der Waals surface area contributed by atoms with Gasteiger partial charge in [-0.3, -0.25) is 9.59 Å². The first-order valence-electron chi connectivity index (χ1n) is 9.90. The SMILES string of the molecule is C[C@@H]1CC/C=C\[C@@H]2C[C@@]2(C(N)O)NC(=O)[C@@H]2CCCN2C(=O)[C@H](N)[C@H](C)O1. The molecule has 0 aromatic rings. The van der Waals surface area contributed by atoms with Crippen LogP contribution in [0.3, 0.4) is 0 Å². The van der Waals surface area contributed by atoms with Crippen molar-refractivity contribution >= 4 is 11.8 Å². The van der Waals surface area contributed by atoms with Gasteiger partial charge in [-0.25, -0.2) is 0 Å². The van der Waals surface area contributed by atoms with Gasteiger partial charge in [-0.1, -0.05) is 12.2 Å². The summed E-state index contributed by atoms with van der Waals surface area (Å²) in [7, 11) is 0. The maximum Gasteiger partial charge on any atom is 0.243 e. The van der Waals surface area contributed by atoms with Crippen molar-refractivity contribution in [2.24, 2.45) is 17.4 Å². The highest BCUT2D eigenvalue weighted by molar-refractivity contribution is 5.91. The molecule has 2 fully saturated rings. The summed E-state index contributed by atoms with van der Waals surface area (Å²) < 4.78 is 5.91. The molecule has 1 aliphatic carbocycles. The van der Waals surface area contributed by atoms with Gasteiger partial charge in [-0.05, 0) is 46.0 Å². The molecule has 1 unspecified atom stereocenters. The van der Waals surface area contributed by atoms with Gasteiger partial charge in [0.2, 0.25) is 11.8 Å². The topological polar surface area (TPSA) is 131 Å². The summed E-state index contributed by atoms with van der Waals surface area (Å²) in [4.78, 5) is 27.3. The molecule has 152 valence electrons. The highest BCUT2D eigenvalue weighted by Gasteiger charge is 2.58. The van der Waals surface area contributed by atoms with Crippen LogP contribution in [0.15, 0.2) is 12.2 Å². The molecule has 0 radical (unpaired) electrons. The maximum atomic E-state index is 12.9. The second kappa shape index (κ2) is 7.87. The van der Waals surface area contributed by atoms with Gasteiger partial charge in [0.1, 0.15) is 18.3 Å². The van der Waals surface area contributed by atoms with Crippen molar-refractivity contribution in [3.05, 3.63) is 12.2 Å². The standard InChI is InChI=1S/C19H32N4O4/c1-11-6-3-4-7-13-10-19(13,18(21)26)22-16(24)14-8-5-9-23(14)17(25)15(20)12(2)27-11/h4,7,11-15,18,26H,3,5-6,8-10,20-21H2,1-2H3,(H,22,24)/b7-4-/t11-,12+,13-,14+,15-,18?,19-/m1/s1. The number of rotatable bonds is 1. The summed E-state index contributed by atoms with van der Waals surface area (Å²) >= 11 is 0. The van der Waals surface area contributed by atoms with Crippen LogP contribution in [0.4, 0.5) is 0 Å². The lowest BCUT2D eigenvalue weighted by atomic mass is 10.1. The number of fused-ring (bicyclic) bond motifs is 2. The zero-order valence-corrected chi connectivity index (χ0v) is 16.1. The second-order valence-corrected chi connectivity index (χ2v) is 8.16. The van der Waals surface area contributed by atoms with Crippen molar-refractivity contribution in [1.82, 2.24) is 10.2 Å². The number of nitrogens with one attached hydrogen (secondary N) is 1. The summed E-state index contributed by atoms with van der Waals surface area (Å²) in [5, 5.41) is 13.0. The van der Waals surface area contributed by atoms with Crippen LogP contribution in [0, 0.1) is 5.92 Å². The van der Waals surface area contributed by atoms with Gasteiger partial charge in [0, 0.05) is 12.5 Å². The summed E-state index contributed by atoms with van der Waals surface area (Å²) in [6.07, 6.45) is 5.93. The second-order valence-electron chi connectivity index (χ2n) is 8.16. The van der Waals surface area contributed by atoms with E-state index in [4.69, 9.17) is 16.2 Å². The molecular formula is C19H32N4O4. The molecule has 1 saturated heterocycles. The first-order chi connectivity index (χ1) is 12.8. The lowest BCUT2D eigenvalue weighted by Gasteiger charge is -2.31. The van der Waals surface area contributed by atoms with Crippen LogP contribution in [0.25, 0.3) is 0 Å². The molecular weight excluding hydrogens is 348 g/mol. The normalized spacial score (nSPS) is 43.0. The Morgan fingerprint density at radius 2 is 2.11 bits per heavy atom. The van der Waals surface area contributed by atoms with Crippen LogP contribution in [0.1, 0.15) is 46.0 Å². The molecule has 0 spiro atoms. The number of hydrogen-bond acceptors (Lipinski definition) is 6. The third-order valence-electron chi connectivity index (χ3n) is 6.13. The predicted octanol–water partition coefficient (Wildman–Crippen LogP) is -0.400.